The molecule has 0 spiro atoms. The van der Waals surface area contributed by atoms with Crippen LogP contribution >= 0.6 is 15.9 Å². The third kappa shape index (κ3) is 5.17. The van der Waals surface area contributed by atoms with E-state index in [2.05, 4.69) is 49.0 Å². The lowest BCUT2D eigenvalue weighted by molar-refractivity contribution is -0.125. The molecule has 0 radical (unpaired) electrons. The van der Waals surface area contributed by atoms with E-state index in [1.807, 2.05) is 6.20 Å². The number of amides is 1. The number of aryl methyl sites for hydroxylation is 1. The van der Waals surface area contributed by atoms with Gasteiger partial charge in [-0.1, -0.05) is 0 Å². The van der Waals surface area contributed by atoms with E-state index in [0.717, 1.165) is 55.7 Å². The minimum atomic E-state index is 0.152. The second-order valence-electron chi connectivity index (χ2n) is 7.25. The highest BCUT2D eigenvalue weighted by molar-refractivity contribution is 9.10. The van der Waals surface area contributed by atoms with Crippen LogP contribution in [0, 0.1) is 12.8 Å². The monoisotopic (exact) mass is 408 g/mol. The molecule has 0 saturated carbocycles. The van der Waals surface area contributed by atoms with Crippen molar-refractivity contribution in [3.63, 3.8) is 0 Å². The Morgan fingerprint density at radius 2 is 2.00 bits per heavy atom. The molecule has 0 unspecified atom stereocenters. The zero-order valence-corrected chi connectivity index (χ0v) is 16.7. The normalized spacial score (nSPS) is 19.4. The van der Waals surface area contributed by atoms with Gasteiger partial charge in [0.05, 0.1) is 0 Å². The van der Waals surface area contributed by atoms with E-state index >= 15 is 0 Å². The smallest absolute Gasteiger partial charge is 0.223 e. The zero-order valence-electron chi connectivity index (χ0n) is 15.1. The average Bonchev–Trinajstić information content (AvgIpc) is 3.12. The Kier molecular flexibility index (Phi) is 6.70. The maximum Gasteiger partial charge on any atom is 0.223 e. The van der Waals surface area contributed by atoms with E-state index in [1.165, 1.54) is 31.5 Å². The molecule has 6 heteroatoms. The summed E-state index contributed by atoms with van der Waals surface area (Å²) in [6.07, 6.45) is 7.40. The Hall–Kier alpha value is -1.14. The highest BCUT2D eigenvalue weighted by Crippen LogP contribution is 2.26. The molecule has 0 atom stereocenters. The first-order valence-corrected chi connectivity index (χ1v) is 10.3. The molecule has 1 N–H and O–H groups in total. The number of aromatic nitrogens is 1. The van der Waals surface area contributed by atoms with Crippen LogP contribution in [-0.2, 0) is 4.79 Å². The molecule has 1 aromatic rings. The molecule has 3 heterocycles. The van der Waals surface area contributed by atoms with Gasteiger partial charge in [0.15, 0.2) is 0 Å². The van der Waals surface area contributed by atoms with Crippen LogP contribution in [0.2, 0.25) is 0 Å². The van der Waals surface area contributed by atoms with Crippen LogP contribution in [0.5, 0.6) is 0 Å². The second kappa shape index (κ2) is 8.99. The van der Waals surface area contributed by atoms with Crippen molar-refractivity contribution in [3.8, 4) is 0 Å². The summed E-state index contributed by atoms with van der Waals surface area (Å²) in [5.74, 6) is 1.44. The number of likely N-dealkylation sites (tertiary alicyclic amines) is 1. The summed E-state index contributed by atoms with van der Waals surface area (Å²) in [6, 6.07) is 2.10. The van der Waals surface area contributed by atoms with Crippen molar-refractivity contribution in [1.29, 1.82) is 0 Å². The van der Waals surface area contributed by atoms with Gasteiger partial charge in [-0.15, -0.1) is 0 Å². The number of anilines is 1. The van der Waals surface area contributed by atoms with Gasteiger partial charge in [0, 0.05) is 36.2 Å². The summed E-state index contributed by atoms with van der Waals surface area (Å²) in [7, 11) is 0. The summed E-state index contributed by atoms with van der Waals surface area (Å²) >= 11 is 3.46. The SMILES string of the molecule is Cc1cc(Br)cnc1N1CCC(C(=O)NCCCN2CCCC2)CC1. The first-order chi connectivity index (χ1) is 12.1. The van der Waals surface area contributed by atoms with Crippen LogP contribution in [0.1, 0.15) is 37.7 Å². The highest BCUT2D eigenvalue weighted by atomic mass is 79.9. The lowest BCUT2D eigenvalue weighted by Gasteiger charge is -2.33. The topological polar surface area (TPSA) is 48.5 Å². The molecule has 2 aliphatic rings. The minimum Gasteiger partial charge on any atom is -0.356 e. The summed E-state index contributed by atoms with van der Waals surface area (Å²) in [5.41, 5.74) is 1.18. The molecule has 0 aromatic carbocycles. The van der Waals surface area contributed by atoms with Gasteiger partial charge in [-0.2, -0.15) is 0 Å². The molecule has 1 aromatic heterocycles. The molecule has 2 fully saturated rings. The van der Waals surface area contributed by atoms with Gasteiger partial charge >= 0.3 is 0 Å². The minimum absolute atomic E-state index is 0.152. The van der Waals surface area contributed by atoms with Crippen molar-refractivity contribution in [2.24, 2.45) is 5.92 Å². The molecular weight excluding hydrogens is 380 g/mol. The lowest BCUT2D eigenvalue weighted by Crippen LogP contribution is -2.41. The predicted molar refractivity (Wildman–Crippen MR) is 105 cm³/mol. The largest absolute Gasteiger partial charge is 0.356 e. The quantitative estimate of drug-likeness (QED) is 0.734. The van der Waals surface area contributed by atoms with Crippen molar-refractivity contribution in [2.45, 2.75) is 39.0 Å². The van der Waals surface area contributed by atoms with Gasteiger partial charge in [0.1, 0.15) is 5.82 Å². The van der Waals surface area contributed by atoms with E-state index < -0.39 is 0 Å². The van der Waals surface area contributed by atoms with Crippen molar-refractivity contribution in [3.05, 3.63) is 22.3 Å². The third-order valence-corrected chi connectivity index (χ3v) is 5.77. The number of pyridine rings is 1. The number of halogens is 1. The lowest BCUT2D eigenvalue weighted by atomic mass is 9.95. The molecule has 2 aliphatic heterocycles. The molecule has 1 amide bonds. The van der Waals surface area contributed by atoms with E-state index in [4.69, 9.17) is 0 Å². The van der Waals surface area contributed by atoms with E-state index in [9.17, 15) is 4.79 Å². The molecule has 138 valence electrons. The molecular formula is C19H29BrN4O. The molecule has 0 aliphatic carbocycles. The van der Waals surface area contributed by atoms with Gasteiger partial charge < -0.3 is 15.1 Å². The standard InChI is InChI=1S/C19H29BrN4O/c1-15-13-17(20)14-22-18(15)24-11-5-16(6-12-24)19(25)21-7-4-10-23-8-2-3-9-23/h13-14,16H,2-12H2,1H3,(H,21,25). The van der Waals surface area contributed by atoms with Gasteiger partial charge in [-0.05, 0) is 86.2 Å². The van der Waals surface area contributed by atoms with Gasteiger partial charge in [-0.25, -0.2) is 4.98 Å². The highest BCUT2D eigenvalue weighted by Gasteiger charge is 2.26. The van der Waals surface area contributed by atoms with E-state index in [0.29, 0.717) is 0 Å². The van der Waals surface area contributed by atoms with Crippen LogP contribution in [0.4, 0.5) is 5.82 Å². The van der Waals surface area contributed by atoms with Crippen molar-refractivity contribution >= 4 is 27.7 Å². The fourth-order valence-corrected chi connectivity index (χ4v) is 4.33. The van der Waals surface area contributed by atoms with Crippen LogP contribution in [0.15, 0.2) is 16.7 Å². The number of carbonyl (C=O) groups is 1. The summed E-state index contributed by atoms with van der Waals surface area (Å²) in [6.45, 7) is 8.29. The number of nitrogens with one attached hydrogen (secondary N) is 1. The zero-order chi connectivity index (χ0) is 17.6. The Morgan fingerprint density at radius 1 is 1.28 bits per heavy atom. The van der Waals surface area contributed by atoms with Crippen molar-refractivity contribution in [1.82, 2.24) is 15.2 Å². The van der Waals surface area contributed by atoms with Gasteiger partial charge in [0.25, 0.3) is 0 Å². The fourth-order valence-electron chi connectivity index (χ4n) is 3.88. The Bertz CT molecular complexity index is 581. The Balaban J connectivity index is 1.38. The number of piperidine rings is 1. The second-order valence-corrected chi connectivity index (χ2v) is 8.16. The van der Waals surface area contributed by atoms with Crippen LogP contribution < -0.4 is 10.2 Å². The molecule has 25 heavy (non-hydrogen) atoms. The molecule has 2 saturated heterocycles. The third-order valence-electron chi connectivity index (χ3n) is 5.33. The molecule has 3 rings (SSSR count). The van der Waals surface area contributed by atoms with Crippen LogP contribution in [0.3, 0.4) is 0 Å². The first kappa shape index (κ1) is 18.6. The Labute approximate surface area is 159 Å². The summed E-state index contributed by atoms with van der Waals surface area (Å²) in [5, 5.41) is 3.14. The maximum atomic E-state index is 12.4. The summed E-state index contributed by atoms with van der Waals surface area (Å²) < 4.78 is 1.01. The van der Waals surface area contributed by atoms with Crippen molar-refractivity contribution < 1.29 is 4.79 Å². The van der Waals surface area contributed by atoms with Gasteiger partial charge in [-0.3, -0.25) is 4.79 Å². The summed E-state index contributed by atoms with van der Waals surface area (Å²) in [4.78, 5) is 21.7. The maximum absolute atomic E-state index is 12.4. The average molecular weight is 409 g/mol. The van der Waals surface area contributed by atoms with E-state index in [-0.39, 0.29) is 11.8 Å². The molecule has 0 bridgehead atoms. The van der Waals surface area contributed by atoms with Crippen LogP contribution in [-0.4, -0.2) is 55.1 Å². The first-order valence-electron chi connectivity index (χ1n) is 9.50. The Morgan fingerprint density at radius 3 is 2.68 bits per heavy atom. The van der Waals surface area contributed by atoms with Gasteiger partial charge in [0.2, 0.25) is 5.91 Å². The van der Waals surface area contributed by atoms with Crippen molar-refractivity contribution in [2.75, 3.05) is 44.2 Å². The number of nitrogens with zero attached hydrogens (tertiary/aromatic N) is 3. The predicted octanol–water partition coefficient (Wildman–Crippen LogP) is 2.97. The van der Waals surface area contributed by atoms with E-state index in [1.54, 1.807) is 0 Å². The number of carbonyl (C=O) groups excluding carboxylic acids is 1. The number of hydrogen-bond acceptors (Lipinski definition) is 4. The number of hydrogen-bond donors (Lipinski definition) is 1. The molecule has 5 nitrogen and oxygen atoms in total. The fraction of sp³-hybridized carbons (Fsp3) is 0.684. The van der Waals surface area contributed by atoms with Crippen LogP contribution in [0.25, 0.3) is 0 Å². The number of rotatable bonds is 6.